The van der Waals surface area contributed by atoms with Gasteiger partial charge in [0.05, 0.1) is 0 Å². The SMILES string of the molecule is Cc1ccc(NC(=O)NCCC2(C)C=CC=CC2)cc1. The number of allylic oxidation sites excluding steroid dienone is 4. The Morgan fingerprint density at radius 3 is 2.65 bits per heavy atom. The van der Waals surface area contributed by atoms with Crippen LogP contribution in [0.1, 0.15) is 25.3 Å². The molecule has 2 rings (SSSR count). The van der Waals surface area contributed by atoms with Crippen LogP contribution in [-0.2, 0) is 0 Å². The van der Waals surface area contributed by atoms with E-state index in [4.69, 9.17) is 0 Å². The van der Waals surface area contributed by atoms with Crippen LogP contribution >= 0.6 is 0 Å². The Hall–Kier alpha value is -2.03. The number of benzene rings is 1. The predicted molar refractivity (Wildman–Crippen MR) is 83.8 cm³/mol. The summed E-state index contributed by atoms with van der Waals surface area (Å²) in [7, 11) is 0. The van der Waals surface area contributed by atoms with Gasteiger partial charge in [-0.3, -0.25) is 0 Å². The highest BCUT2D eigenvalue weighted by Gasteiger charge is 2.20. The van der Waals surface area contributed by atoms with Crippen LogP contribution in [0.5, 0.6) is 0 Å². The van der Waals surface area contributed by atoms with Crippen molar-refractivity contribution in [1.82, 2.24) is 5.32 Å². The van der Waals surface area contributed by atoms with E-state index in [9.17, 15) is 4.79 Å². The minimum atomic E-state index is -0.146. The number of aryl methyl sites for hydroxylation is 1. The molecule has 1 atom stereocenters. The molecule has 106 valence electrons. The second-order valence-electron chi connectivity index (χ2n) is 5.64. The van der Waals surface area contributed by atoms with Gasteiger partial charge in [-0.2, -0.15) is 0 Å². The molecule has 1 aliphatic carbocycles. The van der Waals surface area contributed by atoms with Gasteiger partial charge >= 0.3 is 6.03 Å². The molecule has 0 heterocycles. The maximum atomic E-state index is 11.8. The van der Waals surface area contributed by atoms with Gasteiger partial charge in [0, 0.05) is 12.2 Å². The van der Waals surface area contributed by atoms with E-state index < -0.39 is 0 Å². The number of hydrogen-bond acceptors (Lipinski definition) is 1. The molecule has 0 aromatic heterocycles. The van der Waals surface area contributed by atoms with E-state index in [0.717, 1.165) is 18.5 Å². The number of carbonyl (C=O) groups is 1. The summed E-state index contributed by atoms with van der Waals surface area (Å²) < 4.78 is 0. The molecule has 0 saturated heterocycles. The molecule has 20 heavy (non-hydrogen) atoms. The largest absolute Gasteiger partial charge is 0.338 e. The fourth-order valence-electron chi connectivity index (χ4n) is 2.23. The van der Waals surface area contributed by atoms with Crippen molar-refractivity contribution in [1.29, 1.82) is 0 Å². The molecule has 1 aliphatic rings. The minimum Gasteiger partial charge on any atom is -0.338 e. The third kappa shape index (κ3) is 4.26. The van der Waals surface area contributed by atoms with Crippen molar-refractivity contribution >= 4 is 11.7 Å². The van der Waals surface area contributed by atoms with Gasteiger partial charge in [-0.05, 0) is 37.3 Å². The van der Waals surface area contributed by atoms with E-state index in [1.54, 1.807) is 0 Å². The Bertz CT molecular complexity index is 516. The monoisotopic (exact) mass is 270 g/mol. The standard InChI is InChI=1S/C17H22N2O/c1-14-6-8-15(9-7-14)19-16(20)18-13-12-17(2)10-4-3-5-11-17/h3-10H,11-13H2,1-2H3,(H2,18,19,20). The lowest BCUT2D eigenvalue weighted by atomic mass is 9.81. The molecule has 2 amide bonds. The van der Waals surface area contributed by atoms with Gasteiger partial charge in [0.2, 0.25) is 0 Å². The van der Waals surface area contributed by atoms with Crippen LogP contribution < -0.4 is 10.6 Å². The van der Waals surface area contributed by atoms with Crippen molar-refractivity contribution < 1.29 is 4.79 Å². The third-order valence-corrected chi connectivity index (χ3v) is 3.62. The molecular formula is C17H22N2O. The lowest BCUT2D eigenvalue weighted by Gasteiger charge is -2.26. The molecule has 0 fully saturated rings. The Labute approximate surface area is 120 Å². The summed E-state index contributed by atoms with van der Waals surface area (Å²) >= 11 is 0. The second-order valence-corrected chi connectivity index (χ2v) is 5.64. The molecule has 3 heteroatoms. The smallest absolute Gasteiger partial charge is 0.319 e. The maximum Gasteiger partial charge on any atom is 0.319 e. The van der Waals surface area contributed by atoms with Gasteiger partial charge in [-0.25, -0.2) is 4.79 Å². The molecule has 1 aromatic carbocycles. The molecule has 3 nitrogen and oxygen atoms in total. The van der Waals surface area contributed by atoms with Crippen LogP contribution in [0, 0.1) is 12.3 Å². The predicted octanol–water partition coefficient (Wildman–Crippen LogP) is 4.03. The number of hydrogen-bond donors (Lipinski definition) is 2. The molecule has 1 aromatic rings. The zero-order valence-corrected chi connectivity index (χ0v) is 12.1. The molecule has 0 spiro atoms. The van der Waals surface area contributed by atoms with Crippen LogP contribution in [0.4, 0.5) is 10.5 Å². The minimum absolute atomic E-state index is 0.146. The highest BCUT2D eigenvalue weighted by molar-refractivity contribution is 5.89. The number of rotatable bonds is 4. The van der Waals surface area contributed by atoms with Crippen molar-refractivity contribution in [2.45, 2.75) is 26.7 Å². The maximum absolute atomic E-state index is 11.8. The molecule has 0 saturated carbocycles. The van der Waals surface area contributed by atoms with Crippen LogP contribution in [-0.4, -0.2) is 12.6 Å². The second kappa shape index (κ2) is 6.42. The number of nitrogens with one attached hydrogen (secondary N) is 2. The lowest BCUT2D eigenvalue weighted by molar-refractivity contribution is 0.250. The van der Waals surface area contributed by atoms with Gasteiger partial charge in [0.1, 0.15) is 0 Å². The molecular weight excluding hydrogens is 248 g/mol. The normalized spacial score (nSPS) is 20.7. The first-order chi connectivity index (χ1) is 9.57. The summed E-state index contributed by atoms with van der Waals surface area (Å²) in [5, 5.41) is 5.75. The third-order valence-electron chi connectivity index (χ3n) is 3.62. The van der Waals surface area contributed by atoms with Crippen LogP contribution in [0.3, 0.4) is 0 Å². The van der Waals surface area contributed by atoms with Gasteiger partial charge in [0.25, 0.3) is 0 Å². The average molecular weight is 270 g/mol. The van der Waals surface area contributed by atoms with E-state index in [2.05, 4.69) is 41.9 Å². The zero-order chi connectivity index (χ0) is 14.4. The number of urea groups is 1. The average Bonchev–Trinajstić information content (AvgIpc) is 2.42. The molecule has 0 bridgehead atoms. The Kier molecular flexibility index (Phi) is 4.61. The summed E-state index contributed by atoms with van der Waals surface area (Å²) in [6.45, 7) is 4.91. The van der Waals surface area contributed by atoms with Gasteiger partial charge < -0.3 is 10.6 Å². The van der Waals surface area contributed by atoms with Crippen molar-refractivity contribution in [3.8, 4) is 0 Å². The quantitative estimate of drug-likeness (QED) is 0.852. The van der Waals surface area contributed by atoms with E-state index in [-0.39, 0.29) is 11.4 Å². The van der Waals surface area contributed by atoms with Crippen LogP contribution in [0.25, 0.3) is 0 Å². The van der Waals surface area contributed by atoms with Crippen molar-refractivity contribution in [2.24, 2.45) is 5.41 Å². The first-order valence-corrected chi connectivity index (χ1v) is 7.03. The van der Waals surface area contributed by atoms with Crippen LogP contribution in [0.2, 0.25) is 0 Å². The summed E-state index contributed by atoms with van der Waals surface area (Å²) in [5.41, 5.74) is 2.16. The van der Waals surface area contributed by atoms with Crippen LogP contribution in [0.15, 0.2) is 48.6 Å². The van der Waals surface area contributed by atoms with E-state index >= 15 is 0 Å². The fourth-order valence-corrected chi connectivity index (χ4v) is 2.23. The van der Waals surface area contributed by atoms with Crippen molar-refractivity contribution in [2.75, 3.05) is 11.9 Å². The number of carbonyl (C=O) groups excluding carboxylic acids is 1. The highest BCUT2D eigenvalue weighted by atomic mass is 16.2. The van der Waals surface area contributed by atoms with E-state index in [0.29, 0.717) is 6.54 Å². The zero-order valence-electron chi connectivity index (χ0n) is 12.1. The lowest BCUT2D eigenvalue weighted by Crippen LogP contribution is -2.32. The first kappa shape index (κ1) is 14.4. The summed E-state index contributed by atoms with van der Waals surface area (Å²) in [5.74, 6) is 0. The first-order valence-electron chi connectivity index (χ1n) is 7.03. The number of anilines is 1. The molecule has 0 aliphatic heterocycles. The van der Waals surface area contributed by atoms with Gasteiger partial charge in [-0.1, -0.05) is 48.9 Å². The number of amides is 2. The molecule has 0 radical (unpaired) electrons. The molecule has 1 unspecified atom stereocenters. The van der Waals surface area contributed by atoms with Gasteiger partial charge in [0.15, 0.2) is 0 Å². The Morgan fingerprint density at radius 1 is 1.25 bits per heavy atom. The summed E-state index contributed by atoms with van der Waals surface area (Å²) in [4.78, 5) is 11.8. The van der Waals surface area contributed by atoms with Crippen molar-refractivity contribution in [3.63, 3.8) is 0 Å². The Morgan fingerprint density at radius 2 is 2.00 bits per heavy atom. The van der Waals surface area contributed by atoms with Crippen molar-refractivity contribution in [3.05, 3.63) is 54.1 Å². The topological polar surface area (TPSA) is 41.1 Å². The highest BCUT2D eigenvalue weighted by Crippen LogP contribution is 2.30. The van der Waals surface area contributed by atoms with E-state index in [1.807, 2.05) is 31.2 Å². The fraction of sp³-hybridized carbons (Fsp3) is 0.353. The Balaban J connectivity index is 1.74. The van der Waals surface area contributed by atoms with E-state index in [1.165, 1.54) is 5.56 Å². The summed E-state index contributed by atoms with van der Waals surface area (Å²) in [6.07, 6.45) is 10.5. The molecule has 2 N–H and O–H groups in total. The summed E-state index contributed by atoms with van der Waals surface area (Å²) in [6, 6.07) is 7.63. The van der Waals surface area contributed by atoms with Gasteiger partial charge in [-0.15, -0.1) is 0 Å².